The van der Waals surface area contributed by atoms with Crippen LogP contribution in [0.1, 0.15) is 40.0 Å². The maximum absolute atomic E-state index is 9.17. The number of hydrogen-bond acceptors (Lipinski definition) is 3. The van der Waals surface area contributed by atoms with Crippen molar-refractivity contribution in [3.63, 3.8) is 0 Å². The van der Waals surface area contributed by atoms with Crippen LogP contribution in [0.3, 0.4) is 0 Å². The molecule has 78 valence electrons. The molecule has 2 N–H and O–H groups in total. The van der Waals surface area contributed by atoms with Crippen LogP contribution in [0.25, 0.3) is 0 Å². The monoisotopic (exact) mass is 186 g/mol. The summed E-state index contributed by atoms with van der Waals surface area (Å²) in [4.78, 5) is 0. The van der Waals surface area contributed by atoms with Crippen molar-refractivity contribution < 1.29 is 5.11 Å². The molecule has 1 heterocycles. The van der Waals surface area contributed by atoms with E-state index in [9.17, 15) is 0 Å². The van der Waals surface area contributed by atoms with E-state index in [-0.39, 0.29) is 6.10 Å². The van der Waals surface area contributed by atoms with Crippen LogP contribution in [0.15, 0.2) is 0 Å². The van der Waals surface area contributed by atoms with E-state index in [1.165, 1.54) is 19.3 Å². The lowest BCUT2D eigenvalue weighted by molar-refractivity contribution is 0.0295. The summed E-state index contributed by atoms with van der Waals surface area (Å²) < 4.78 is 0. The Balaban J connectivity index is 2.35. The molecule has 3 atom stereocenters. The van der Waals surface area contributed by atoms with Gasteiger partial charge in [-0.1, -0.05) is 6.42 Å². The number of aliphatic hydroxyl groups excluding tert-OH is 1. The van der Waals surface area contributed by atoms with Crippen molar-refractivity contribution in [1.82, 2.24) is 10.4 Å². The molecule has 1 aliphatic rings. The summed E-state index contributed by atoms with van der Waals surface area (Å²) in [6, 6.07) is 1.20. The third-order valence-electron chi connectivity index (χ3n) is 2.76. The lowest BCUT2D eigenvalue weighted by atomic mass is 10.00. The Kier molecular flexibility index (Phi) is 4.16. The smallest absolute Gasteiger partial charge is 0.0650 e. The number of hydrogen-bond donors (Lipinski definition) is 2. The molecule has 0 radical (unpaired) electrons. The van der Waals surface area contributed by atoms with Gasteiger partial charge < -0.3 is 5.11 Å². The maximum atomic E-state index is 9.17. The van der Waals surface area contributed by atoms with E-state index in [1.807, 2.05) is 6.92 Å². The van der Waals surface area contributed by atoms with E-state index in [1.54, 1.807) is 0 Å². The molecule has 0 aromatic heterocycles. The Labute approximate surface area is 81.1 Å². The summed E-state index contributed by atoms with van der Waals surface area (Å²) in [7, 11) is 0. The Bertz CT molecular complexity index is 140. The molecule has 0 spiro atoms. The van der Waals surface area contributed by atoms with Crippen molar-refractivity contribution in [2.24, 2.45) is 0 Å². The van der Waals surface area contributed by atoms with Crippen LogP contribution in [-0.4, -0.2) is 34.8 Å². The molecule has 0 saturated carbocycles. The summed E-state index contributed by atoms with van der Waals surface area (Å²) in [6.45, 7) is 6.95. The standard InChI is InChI=1S/C10H22N2O/c1-8-5-4-6-9(2)12(8)11-7-10(3)13/h8-11,13H,4-7H2,1-3H3/t8?,9?,10-/m1/s1. The molecule has 1 fully saturated rings. The zero-order valence-electron chi connectivity index (χ0n) is 8.95. The summed E-state index contributed by atoms with van der Waals surface area (Å²) in [5, 5.41) is 11.5. The van der Waals surface area contributed by atoms with Gasteiger partial charge in [-0.3, -0.25) is 5.43 Å². The fraction of sp³-hybridized carbons (Fsp3) is 1.00. The molecular weight excluding hydrogens is 164 g/mol. The molecule has 13 heavy (non-hydrogen) atoms. The number of rotatable bonds is 3. The van der Waals surface area contributed by atoms with E-state index >= 15 is 0 Å². The van der Waals surface area contributed by atoms with Crippen LogP contribution < -0.4 is 5.43 Å². The Morgan fingerprint density at radius 3 is 2.38 bits per heavy atom. The van der Waals surface area contributed by atoms with E-state index in [0.29, 0.717) is 18.6 Å². The zero-order chi connectivity index (χ0) is 9.84. The quantitative estimate of drug-likeness (QED) is 0.693. The highest BCUT2D eigenvalue weighted by molar-refractivity contribution is 4.76. The van der Waals surface area contributed by atoms with Gasteiger partial charge in [-0.2, -0.15) is 0 Å². The van der Waals surface area contributed by atoms with Crippen molar-refractivity contribution in [3.05, 3.63) is 0 Å². The highest BCUT2D eigenvalue weighted by Gasteiger charge is 2.24. The summed E-state index contributed by atoms with van der Waals surface area (Å²) >= 11 is 0. The summed E-state index contributed by atoms with van der Waals surface area (Å²) in [6.07, 6.45) is 3.59. The van der Waals surface area contributed by atoms with Crippen molar-refractivity contribution in [1.29, 1.82) is 0 Å². The first-order valence-corrected chi connectivity index (χ1v) is 5.31. The number of nitrogens with one attached hydrogen (secondary N) is 1. The van der Waals surface area contributed by atoms with Crippen LogP contribution in [0, 0.1) is 0 Å². The lowest BCUT2D eigenvalue weighted by Gasteiger charge is -2.39. The Morgan fingerprint density at radius 1 is 1.38 bits per heavy atom. The van der Waals surface area contributed by atoms with Crippen molar-refractivity contribution >= 4 is 0 Å². The first-order valence-electron chi connectivity index (χ1n) is 5.31. The second-order valence-corrected chi connectivity index (χ2v) is 4.25. The van der Waals surface area contributed by atoms with Crippen molar-refractivity contribution in [2.75, 3.05) is 6.54 Å². The minimum atomic E-state index is -0.263. The number of piperidine rings is 1. The van der Waals surface area contributed by atoms with Crippen LogP contribution in [0.5, 0.6) is 0 Å². The average Bonchev–Trinajstić information content (AvgIpc) is 2.03. The van der Waals surface area contributed by atoms with Gasteiger partial charge in [0.2, 0.25) is 0 Å². The molecule has 0 aliphatic carbocycles. The van der Waals surface area contributed by atoms with Gasteiger partial charge >= 0.3 is 0 Å². The second kappa shape index (κ2) is 4.94. The zero-order valence-corrected chi connectivity index (χ0v) is 8.95. The predicted octanol–water partition coefficient (Wildman–Crippen LogP) is 1.13. The fourth-order valence-electron chi connectivity index (χ4n) is 1.97. The topological polar surface area (TPSA) is 35.5 Å². The SMILES string of the molecule is CC1CCCC(C)N1NC[C@@H](C)O. The van der Waals surface area contributed by atoms with E-state index < -0.39 is 0 Å². The normalized spacial score (nSPS) is 33.2. The molecule has 2 unspecified atom stereocenters. The van der Waals surface area contributed by atoms with Gasteiger partial charge in [-0.25, -0.2) is 5.01 Å². The van der Waals surface area contributed by atoms with Gasteiger partial charge in [0.25, 0.3) is 0 Å². The van der Waals surface area contributed by atoms with Crippen LogP contribution in [0.4, 0.5) is 0 Å². The highest BCUT2D eigenvalue weighted by atomic mass is 16.3. The molecule has 0 amide bonds. The lowest BCUT2D eigenvalue weighted by Crippen LogP contribution is -2.53. The maximum Gasteiger partial charge on any atom is 0.0650 e. The molecule has 3 nitrogen and oxygen atoms in total. The van der Waals surface area contributed by atoms with Gasteiger partial charge in [0, 0.05) is 18.6 Å². The molecule has 0 bridgehead atoms. The fourth-order valence-corrected chi connectivity index (χ4v) is 1.97. The summed E-state index contributed by atoms with van der Waals surface area (Å²) in [5.41, 5.74) is 3.30. The van der Waals surface area contributed by atoms with Gasteiger partial charge in [0.15, 0.2) is 0 Å². The minimum Gasteiger partial charge on any atom is -0.392 e. The van der Waals surface area contributed by atoms with Gasteiger partial charge in [0.05, 0.1) is 6.10 Å². The van der Waals surface area contributed by atoms with Gasteiger partial charge in [-0.15, -0.1) is 0 Å². The molecule has 0 aromatic rings. The summed E-state index contributed by atoms with van der Waals surface area (Å²) in [5.74, 6) is 0. The predicted molar refractivity (Wildman–Crippen MR) is 54.3 cm³/mol. The van der Waals surface area contributed by atoms with Crippen molar-refractivity contribution in [2.45, 2.75) is 58.2 Å². The van der Waals surface area contributed by atoms with Gasteiger partial charge in [0.1, 0.15) is 0 Å². The number of nitrogens with zero attached hydrogens (tertiary/aromatic N) is 1. The van der Waals surface area contributed by atoms with Gasteiger partial charge in [-0.05, 0) is 33.6 Å². The molecule has 1 saturated heterocycles. The third kappa shape index (κ3) is 3.25. The van der Waals surface area contributed by atoms with E-state index in [4.69, 9.17) is 5.11 Å². The molecule has 1 rings (SSSR count). The van der Waals surface area contributed by atoms with Crippen molar-refractivity contribution in [3.8, 4) is 0 Å². The van der Waals surface area contributed by atoms with Crippen LogP contribution >= 0.6 is 0 Å². The second-order valence-electron chi connectivity index (χ2n) is 4.25. The molecule has 3 heteroatoms. The molecule has 0 aromatic carbocycles. The first-order chi connectivity index (χ1) is 6.11. The van der Waals surface area contributed by atoms with Crippen LogP contribution in [-0.2, 0) is 0 Å². The van der Waals surface area contributed by atoms with E-state index in [2.05, 4.69) is 24.3 Å². The number of hydrazine groups is 1. The number of aliphatic hydroxyl groups is 1. The van der Waals surface area contributed by atoms with Crippen LogP contribution in [0.2, 0.25) is 0 Å². The largest absolute Gasteiger partial charge is 0.392 e. The average molecular weight is 186 g/mol. The molecule has 1 aliphatic heterocycles. The Morgan fingerprint density at radius 2 is 1.92 bits per heavy atom. The minimum absolute atomic E-state index is 0.263. The Hall–Kier alpha value is -0.120. The van der Waals surface area contributed by atoms with E-state index in [0.717, 1.165) is 0 Å². The molecular formula is C10H22N2O. The first kappa shape index (κ1) is 11.0. The highest BCUT2D eigenvalue weighted by Crippen LogP contribution is 2.19. The third-order valence-corrected chi connectivity index (χ3v) is 2.76.